The summed E-state index contributed by atoms with van der Waals surface area (Å²) in [6.45, 7) is 1.02. The molecule has 7 heteroatoms. The number of aliphatic hydroxyl groups is 2. The molecular formula is C11H14N2O5. The van der Waals surface area contributed by atoms with Gasteiger partial charge in [0.1, 0.15) is 0 Å². The molecule has 1 rings (SSSR count). The summed E-state index contributed by atoms with van der Waals surface area (Å²) in [6, 6.07) is 4.00. The van der Waals surface area contributed by atoms with Crippen molar-refractivity contribution in [3.05, 3.63) is 39.4 Å². The molecular weight excluding hydrogens is 240 g/mol. The second-order valence-corrected chi connectivity index (χ2v) is 3.80. The zero-order chi connectivity index (χ0) is 13.7. The highest BCUT2D eigenvalue weighted by molar-refractivity contribution is 5.94. The maximum Gasteiger partial charge on any atom is 0.272 e. The number of hydrogen-bond acceptors (Lipinski definition) is 5. The van der Waals surface area contributed by atoms with Gasteiger partial charge in [0.15, 0.2) is 0 Å². The highest BCUT2D eigenvalue weighted by Gasteiger charge is 2.14. The molecule has 18 heavy (non-hydrogen) atoms. The van der Waals surface area contributed by atoms with E-state index in [1.54, 1.807) is 0 Å². The van der Waals surface area contributed by atoms with E-state index in [2.05, 4.69) is 5.32 Å². The number of carbonyl (C=O) groups is 1. The Bertz CT molecular complexity index is 461. The number of nitrogens with one attached hydrogen (secondary N) is 1. The van der Waals surface area contributed by atoms with Crippen LogP contribution < -0.4 is 5.32 Å². The van der Waals surface area contributed by atoms with Crippen molar-refractivity contribution in [1.82, 2.24) is 5.32 Å². The lowest BCUT2D eigenvalue weighted by Crippen LogP contribution is -2.33. The maximum absolute atomic E-state index is 11.6. The summed E-state index contributed by atoms with van der Waals surface area (Å²) in [4.78, 5) is 21.7. The summed E-state index contributed by atoms with van der Waals surface area (Å²) in [6.07, 6.45) is -1.02. The highest BCUT2D eigenvalue weighted by Crippen LogP contribution is 2.18. The van der Waals surface area contributed by atoms with Gasteiger partial charge in [0.2, 0.25) is 0 Å². The van der Waals surface area contributed by atoms with Crippen LogP contribution in [0.25, 0.3) is 0 Å². The molecule has 1 atom stereocenters. The molecule has 1 aromatic carbocycles. The predicted molar refractivity (Wildman–Crippen MR) is 63.3 cm³/mol. The molecule has 1 amide bonds. The van der Waals surface area contributed by atoms with Gasteiger partial charge in [0, 0.05) is 23.7 Å². The summed E-state index contributed by atoms with van der Waals surface area (Å²) in [7, 11) is 0. The topological polar surface area (TPSA) is 113 Å². The van der Waals surface area contributed by atoms with Crippen LogP contribution in [-0.4, -0.2) is 40.3 Å². The standard InChI is InChI=1S/C11H14N2O5/c1-7-4-8(2-3-10(7)13(17)18)11(16)12-5-9(15)6-14/h2-4,9,14-15H,5-6H2,1H3,(H,12,16). The molecule has 0 radical (unpaired) electrons. The number of nitro groups is 1. The fourth-order valence-electron chi connectivity index (χ4n) is 1.38. The van der Waals surface area contributed by atoms with Gasteiger partial charge in [-0.05, 0) is 19.1 Å². The predicted octanol–water partition coefficient (Wildman–Crippen LogP) is -0.0138. The molecule has 3 N–H and O–H groups in total. The van der Waals surface area contributed by atoms with Gasteiger partial charge in [-0.3, -0.25) is 14.9 Å². The van der Waals surface area contributed by atoms with Crippen molar-refractivity contribution >= 4 is 11.6 Å². The summed E-state index contributed by atoms with van der Waals surface area (Å²) in [5.41, 5.74) is 0.598. The van der Waals surface area contributed by atoms with Gasteiger partial charge in [-0.25, -0.2) is 0 Å². The van der Waals surface area contributed by atoms with E-state index in [0.29, 0.717) is 5.56 Å². The summed E-state index contributed by atoms with van der Waals surface area (Å²) in [5, 5.41) is 30.7. The van der Waals surface area contributed by atoms with Crippen LogP contribution in [-0.2, 0) is 0 Å². The van der Waals surface area contributed by atoms with Gasteiger partial charge in [-0.15, -0.1) is 0 Å². The number of nitrogens with zero attached hydrogens (tertiary/aromatic N) is 1. The molecule has 7 nitrogen and oxygen atoms in total. The van der Waals surface area contributed by atoms with Crippen LogP contribution in [0.1, 0.15) is 15.9 Å². The molecule has 0 aliphatic heterocycles. The van der Waals surface area contributed by atoms with Crippen molar-refractivity contribution in [3.8, 4) is 0 Å². The molecule has 0 aromatic heterocycles. The number of hydrogen-bond donors (Lipinski definition) is 3. The molecule has 0 saturated heterocycles. The van der Waals surface area contributed by atoms with E-state index >= 15 is 0 Å². The molecule has 1 unspecified atom stereocenters. The van der Waals surface area contributed by atoms with Crippen molar-refractivity contribution in [2.45, 2.75) is 13.0 Å². The Kier molecular flexibility index (Phi) is 4.75. The molecule has 0 saturated carbocycles. The van der Waals surface area contributed by atoms with Crippen LogP contribution in [0.15, 0.2) is 18.2 Å². The molecule has 0 fully saturated rings. The molecule has 0 aliphatic rings. The van der Waals surface area contributed by atoms with E-state index in [-0.39, 0.29) is 17.8 Å². The van der Waals surface area contributed by atoms with E-state index in [0.717, 1.165) is 0 Å². The number of benzene rings is 1. The van der Waals surface area contributed by atoms with Gasteiger partial charge in [-0.2, -0.15) is 0 Å². The number of aryl methyl sites for hydroxylation is 1. The number of amides is 1. The molecule has 0 aliphatic carbocycles. The van der Waals surface area contributed by atoms with E-state index in [9.17, 15) is 14.9 Å². The van der Waals surface area contributed by atoms with Crippen molar-refractivity contribution < 1.29 is 19.9 Å². The van der Waals surface area contributed by atoms with Crippen LogP contribution in [0.2, 0.25) is 0 Å². The van der Waals surface area contributed by atoms with E-state index in [1.807, 2.05) is 0 Å². The monoisotopic (exact) mass is 254 g/mol. The largest absolute Gasteiger partial charge is 0.394 e. The first-order valence-corrected chi connectivity index (χ1v) is 5.28. The van der Waals surface area contributed by atoms with Crippen LogP contribution in [0.5, 0.6) is 0 Å². The third-order valence-corrected chi connectivity index (χ3v) is 2.36. The van der Waals surface area contributed by atoms with Crippen LogP contribution in [0.4, 0.5) is 5.69 Å². The average Bonchev–Trinajstić information content (AvgIpc) is 2.34. The van der Waals surface area contributed by atoms with Gasteiger partial charge in [0.05, 0.1) is 17.6 Å². The Hall–Kier alpha value is -1.99. The number of carbonyl (C=O) groups excluding carboxylic acids is 1. The minimum absolute atomic E-state index is 0.0538. The Morgan fingerprint density at radius 1 is 1.56 bits per heavy atom. The van der Waals surface area contributed by atoms with Crippen molar-refractivity contribution in [1.29, 1.82) is 0 Å². The van der Waals surface area contributed by atoms with Gasteiger partial charge >= 0.3 is 0 Å². The number of aliphatic hydroxyl groups excluding tert-OH is 2. The van der Waals surface area contributed by atoms with Crippen LogP contribution in [0, 0.1) is 17.0 Å². The Morgan fingerprint density at radius 2 is 2.22 bits per heavy atom. The van der Waals surface area contributed by atoms with E-state index in [4.69, 9.17) is 10.2 Å². The summed E-state index contributed by atoms with van der Waals surface area (Å²) in [5.74, 6) is -0.458. The second-order valence-electron chi connectivity index (χ2n) is 3.80. The lowest BCUT2D eigenvalue weighted by atomic mass is 10.1. The molecule has 0 bridgehead atoms. The minimum Gasteiger partial charge on any atom is -0.394 e. The summed E-state index contributed by atoms with van der Waals surface area (Å²) >= 11 is 0. The van der Waals surface area contributed by atoms with E-state index in [1.165, 1.54) is 25.1 Å². The molecule has 1 aromatic rings. The van der Waals surface area contributed by atoms with Crippen molar-refractivity contribution in [2.75, 3.05) is 13.2 Å². The lowest BCUT2D eigenvalue weighted by molar-refractivity contribution is -0.385. The lowest BCUT2D eigenvalue weighted by Gasteiger charge is -2.09. The van der Waals surface area contributed by atoms with E-state index < -0.39 is 23.5 Å². The first-order valence-electron chi connectivity index (χ1n) is 5.28. The zero-order valence-corrected chi connectivity index (χ0v) is 9.79. The first kappa shape index (κ1) is 14.1. The fraction of sp³-hybridized carbons (Fsp3) is 0.364. The van der Waals surface area contributed by atoms with Crippen molar-refractivity contribution in [2.24, 2.45) is 0 Å². The summed E-state index contributed by atoms with van der Waals surface area (Å²) < 4.78 is 0. The normalized spacial score (nSPS) is 11.9. The highest BCUT2D eigenvalue weighted by atomic mass is 16.6. The van der Waals surface area contributed by atoms with Crippen LogP contribution in [0.3, 0.4) is 0 Å². The average molecular weight is 254 g/mol. The molecule has 0 heterocycles. The fourth-order valence-corrected chi connectivity index (χ4v) is 1.38. The third kappa shape index (κ3) is 3.51. The smallest absolute Gasteiger partial charge is 0.272 e. The molecule has 98 valence electrons. The Labute approximate surface area is 103 Å². The number of rotatable bonds is 5. The number of nitro benzene ring substituents is 1. The Balaban J connectivity index is 2.76. The Morgan fingerprint density at radius 3 is 2.72 bits per heavy atom. The van der Waals surface area contributed by atoms with Gasteiger partial charge < -0.3 is 15.5 Å². The second kappa shape index (κ2) is 6.08. The van der Waals surface area contributed by atoms with Gasteiger partial charge in [0.25, 0.3) is 11.6 Å². The zero-order valence-electron chi connectivity index (χ0n) is 9.79. The van der Waals surface area contributed by atoms with Gasteiger partial charge in [-0.1, -0.05) is 0 Å². The van der Waals surface area contributed by atoms with Crippen molar-refractivity contribution in [3.63, 3.8) is 0 Å². The maximum atomic E-state index is 11.6. The first-order chi connectivity index (χ1) is 8.45. The molecule has 0 spiro atoms. The third-order valence-electron chi connectivity index (χ3n) is 2.36. The van der Waals surface area contributed by atoms with Crippen LogP contribution >= 0.6 is 0 Å². The quantitative estimate of drug-likeness (QED) is 0.505. The minimum atomic E-state index is -1.02. The SMILES string of the molecule is Cc1cc(C(=O)NCC(O)CO)ccc1[N+](=O)[O-].